The monoisotopic (exact) mass is 355 g/mol. The van der Waals surface area contributed by atoms with Crippen molar-refractivity contribution in [3.05, 3.63) is 61.6 Å². The van der Waals surface area contributed by atoms with E-state index in [9.17, 15) is 14.9 Å². The van der Waals surface area contributed by atoms with Crippen LogP contribution in [0.15, 0.2) is 40.9 Å². The van der Waals surface area contributed by atoms with Crippen LogP contribution in [0.2, 0.25) is 5.02 Å². The molecule has 0 unspecified atom stereocenters. The highest BCUT2D eigenvalue weighted by molar-refractivity contribution is 9.10. The molecule has 0 amide bonds. The maximum atomic E-state index is 11.0. The number of aldehydes is 1. The zero-order valence-electron chi connectivity index (χ0n) is 9.88. The van der Waals surface area contributed by atoms with Gasteiger partial charge in [-0.15, -0.1) is 0 Å². The fourth-order valence-corrected chi connectivity index (χ4v) is 2.26. The zero-order valence-corrected chi connectivity index (χ0v) is 12.2. The molecule has 0 N–H and O–H groups in total. The van der Waals surface area contributed by atoms with Gasteiger partial charge in [0.25, 0.3) is 5.69 Å². The molecule has 0 bridgehead atoms. The molecule has 2 aromatic carbocycles. The number of nitro benzene ring substituents is 1. The van der Waals surface area contributed by atoms with Gasteiger partial charge in [0.1, 0.15) is 16.0 Å². The molecule has 0 aliphatic heterocycles. The fraction of sp³-hybridized carbons (Fsp3) is 0. The molecule has 7 heteroatoms. The van der Waals surface area contributed by atoms with Gasteiger partial charge in [0.2, 0.25) is 0 Å². The number of nitro groups is 1. The molecule has 0 aromatic heterocycles. The van der Waals surface area contributed by atoms with Gasteiger partial charge in [-0.05, 0) is 34.1 Å². The highest BCUT2D eigenvalue weighted by Gasteiger charge is 2.17. The zero-order chi connectivity index (χ0) is 14.7. The summed E-state index contributed by atoms with van der Waals surface area (Å²) in [5.41, 5.74) is 0.0600. The maximum Gasteiger partial charge on any atom is 0.287 e. The Kier molecular flexibility index (Phi) is 4.36. The Morgan fingerprint density at radius 3 is 2.50 bits per heavy atom. The molecule has 2 aromatic rings. The Morgan fingerprint density at radius 2 is 1.85 bits per heavy atom. The number of carbonyl (C=O) groups is 1. The van der Waals surface area contributed by atoms with Crippen LogP contribution >= 0.6 is 27.5 Å². The maximum absolute atomic E-state index is 11.0. The van der Waals surface area contributed by atoms with Crippen molar-refractivity contribution >= 4 is 39.5 Å². The van der Waals surface area contributed by atoms with Gasteiger partial charge in [0, 0.05) is 6.07 Å². The quantitative estimate of drug-likeness (QED) is 0.455. The Bertz CT molecular complexity index is 690. The van der Waals surface area contributed by atoms with Crippen LogP contribution in [0.5, 0.6) is 11.5 Å². The molecule has 0 spiro atoms. The van der Waals surface area contributed by atoms with Crippen molar-refractivity contribution in [1.82, 2.24) is 0 Å². The average molecular weight is 357 g/mol. The second-order valence-corrected chi connectivity index (χ2v) is 4.92. The van der Waals surface area contributed by atoms with Crippen molar-refractivity contribution in [2.45, 2.75) is 0 Å². The molecular formula is C13H7BrClNO4. The second kappa shape index (κ2) is 6.02. The lowest BCUT2D eigenvalue weighted by Crippen LogP contribution is -1.95. The van der Waals surface area contributed by atoms with Gasteiger partial charge >= 0.3 is 0 Å². The number of benzene rings is 2. The first-order valence-electron chi connectivity index (χ1n) is 5.39. The minimum atomic E-state index is -0.532. The van der Waals surface area contributed by atoms with Gasteiger partial charge in [-0.2, -0.15) is 0 Å². The van der Waals surface area contributed by atoms with Gasteiger partial charge in [-0.25, -0.2) is 0 Å². The van der Waals surface area contributed by atoms with Crippen molar-refractivity contribution < 1.29 is 14.5 Å². The van der Waals surface area contributed by atoms with Crippen LogP contribution in [0.25, 0.3) is 0 Å². The molecule has 0 aliphatic rings. The number of hydrogen-bond donors (Lipinski definition) is 0. The first-order valence-corrected chi connectivity index (χ1v) is 6.56. The number of nitrogens with zero attached hydrogens (tertiary/aromatic N) is 1. The number of ether oxygens (including phenoxy) is 1. The lowest BCUT2D eigenvalue weighted by molar-refractivity contribution is -0.385. The Labute approximate surface area is 127 Å². The molecule has 5 nitrogen and oxygen atoms in total. The Balaban J connectivity index is 2.46. The van der Waals surface area contributed by atoms with E-state index in [4.69, 9.17) is 16.3 Å². The van der Waals surface area contributed by atoms with Crippen molar-refractivity contribution in [1.29, 1.82) is 0 Å². The van der Waals surface area contributed by atoms with E-state index in [2.05, 4.69) is 15.9 Å². The molecule has 0 heterocycles. The van der Waals surface area contributed by atoms with Gasteiger partial charge in [-0.1, -0.05) is 23.7 Å². The smallest absolute Gasteiger partial charge is 0.287 e. The first kappa shape index (κ1) is 14.5. The summed E-state index contributed by atoms with van der Waals surface area (Å²) in [7, 11) is 0. The summed E-state index contributed by atoms with van der Waals surface area (Å²) in [5.74, 6) is 0.457. The fourth-order valence-electron chi connectivity index (χ4n) is 1.56. The summed E-state index contributed by atoms with van der Waals surface area (Å²) < 4.78 is 5.73. The minimum Gasteiger partial charge on any atom is -0.455 e. The highest BCUT2D eigenvalue weighted by Crippen LogP contribution is 2.38. The van der Waals surface area contributed by atoms with Gasteiger partial charge in [0.05, 0.1) is 15.5 Å². The summed E-state index contributed by atoms with van der Waals surface area (Å²) >= 11 is 9.00. The van der Waals surface area contributed by atoms with Crippen molar-refractivity contribution in [2.75, 3.05) is 0 Å². The topological polar surface area (TPSA) is 69.4 Å². The standard InChI is InChI=1S/C13H7BrClNO4/c14-13-10(16(18)19)4-2-6-12(13)20-11-5-1-3-9(15)8(11)7-17/h1-7H. The molecule has 0 aliphatic carbocycles. The predicted molar refractivity (Wildman–Crippen MR) is 77.7 cm³/mol. The number of carbonyl (C=O) groups excluding carboxylic acids is 1. The van der Waals surface area contributed by atoms with E-state index >= 15 is 0 Å². The molecule has 0 radical (unpaired) electrons. The van der Waals surface area contributed by atoms with Crippen molar-refractivity contribution in [3.8, 4) is 11.5 Å². The molecule has 20 heavy (non-hydrogen) atoms. The van der Waals surface area contributed by atoms with Crippen LogP contribution in [0.1, 0.15) is 10.4 Å². The SMILES string of the molecule is O=Cc1c(Cl)cccc1Oc1cccc([N+](=O)[O-])c1Br. The van der Waals surface area contributed by atoms with E-state index < -0.39 is 4.92 Å². The summed E-state index contributed by atoms with van der Waals surface area (Å²) in [6, 6.07) is 9.11. The highest BCUT2D eigenvalue weighted by atomic mass is 79.9. The Morgan fingerprint density at radius 1 is 1.20 bits per heavy atom. The van der Waals surface area contributed by atoms with E-state index in [0.29, 0.717) is 6.29 Å². The second-order valence-electron chi connectivity index (χ2n) is 3.72. The van der Waals surface area contributed by atoms with Crippen LogP contribution in [0.4, 0.5) is 5.69 Å². The average Bonchev–Trinajstić information content (AvgIpc) is 2.41. The summed E-state index contributed by atoms with van der Waals surface area (Å²) in [4.78, 5) is 21.3. The molecular weight excluding hydrogens is 350 g/mol. The van der Waals surface area contributed by atoms with Crippen LogP contribution in [0.3, 0.4) is 0 Å². The lowest BCUT2D eigenvalue weighted by atomic mass is 10.2. The normalized spacial score (nSPS) is 10.1. The molecule has 0 saturated heterocycles. The van der Waals surface area contributed by atoms with E-state index in [1.54, 1.807) is 24.3 Å². The van der Waals surface area contributed by atoms with Crippen molar-refractivity contribution in [3.63, 3.8) is 0 Å². The minimum absolute atomic E-state index is 0.128. The molecule has 102 valence electrons. The van der Waals surface area contributed by atoms with Gasteiger partial charge < -0.3 is 4.74 Å². The third-order valence-corrected chi connectivity index (χ3v) is 3.62. The third kappa shape index (κ3) is 2.81. The van der Waals surface area contributed by atoms with Crippen LogP contribution in [-0.4, -0.2) is 11.2 Å². The molecule has 2 rings (SSSR count). The van der Waals surface area contributed by atoms with E-state index in [-0.39, 0.29) is 32.2 Å². The van der Waals surface area contributed by atoms with Gasteiger partial charge in [0.15, 0.2) is 6.29 Å². The summed E-state index contributed by atoms with van der Waals surface area (Å²) in [5, 5.41) is 11.1. The van der Waals surface area contributed by atoms with E-state index in [0.717, 1.165) is 0 Å². The van der Waals surface area contributed by atoms with Crippen LogP contribution in [0, 0.1) is 10.1 Å². The van der Waals surface area contributed by atoms with Crippen LogP contribution in [-0.2, 0) is 0 Å². The van der Waals surface area contributed by atoms with E-state index in [1.165, 1.54) is 12.1 Å². The van der Waals surface area contributed by atoms with Crippen LogP contribution < -0.4 is 4.74 Å². The predicted octanol–water partition coefficient (Wildman–Crippen LogP) is 4.62. The lowest BCUT2D eigenvalue weighted by Gasteiger charge is -2.10. The Hall–Kier alpha value is -1.92. The molecule has 0 atom stereocenters. The van der Waals surface area contributed by atoms with E-state index in [1.807, 2.05) is 0 Å². The third-order valence-electron chi connectivity index (χ3n) is 2.49. The number of halogens is 2. The molecule has 0 saturated carbocycles. The molecule has 0 fully saturated rings. The summed E-state index contributed by atoms with van der Waals surface area (Å²) in [6.45, 7) is 0. The summed E-state index contributed by atoms with van der Waals surface area (Å²) in [6.07, 6.45) is 0.572. The van der Waals surface area contributed by atoms with Gasteiger partial charge in [-0.3, -0.25) is 14.9 Å². The largest absolute Gasteiger partial charge is 0.455 e. The number of hydrogen-bond acceptors (Lipinski definition) is 4. The first-order chi connectivity index (χ1) is 9.54. The number of rotatable bonds is 4. The van der Waals surface area contributed by atoms with Crippen molar-refractivity contribution in [2.24, 2.45) is 0 Å².